The second-order valence-electron chi connectivity index (χ2n) is 12.4. The van der Waals surface area contributed by atoms with Crippen LogP contribution in [0.2, 0.25) is 0 Å². The summed E-state index contributed by atoms with van der Waals surface area (Å²) in [5.74, 6) is -0.397. The molecule has 10 heteroatoms. The van der Waals surface area contributed by atoms with Crippen LogP contribution in [0.5, 0.6) is 0 Å². The van der Waals surface area contributed by atoms with Crippen molar-refractivity contribution in [3.63, 3.8) is 0 Å². The molecule has 10 nitrogen and oxygen atoms in total. The predicted octanol–water partition coefficient (Wildman–Crippen LogP) is 4.21. The molecule has 0 N–H and O–H groups in total. The molecular formula is C32H42N4O6. The van der Waals surface area contributed by atoms with Gasteiger partial charge in [-0.1, -0.05) is 18.2 Å². The van der Waals surface area contributed by atoms with Gasteiger partial charge in [-0.2, -0.15) is 0 Å². The van der Waals surface area contributed by atoms with Gasteiger partial charge in [0.25, 0.3) is 5.91 Å². The van der Waals surface area contributed by atoms with Gasteiger partial charge in [-0.25, -0.2) is 9.59 Å². The van der Waals surface area contributed by atoms with Crippen LogP contribution in [0.3, 0.4) is 0 Å². The maximum absolute atomic E-state index is 13.0. The van der Waals surface area contributed by atoms with Crippen molar-refractivity contribution in [3.05, 3.63) is 65.7 Å². The van der Waals surface area contributed by atoms with Crippen LogP contribution in [-0.4, -0.2) is 103 Å². The number of ether oxygens (including phenoxy) is 2. The van der Waals surface area contributed by atoms with Crippen molar-refractivity contribution in [2.45, 2.75) is 63.8 Å². The summed E-state index contributed by atoms with van der Waals surface area (Å²) in [5, 5.41) is 1.69. The molecule has 2 aromatic carbocycles. The molecule has 4 saturated heterocycles. The van der Waals surface area contributed by atoms with E-state index in [4.69, 9.17) is 14.3 Å². The van der Waals surface area contributed by atoms with Crippen molar-refractivity contribution in [2.24, 2.45) is 0 Å². The van der Waals surface area contributed by atoms with Gasteiger partial charge in [0.2, 0.25) is 0 Å². The van der Waals surface area contributed by atoms with E-state index in [1.165, 1.54) is 0 Å². The van der Waals surface area contributed by atoms with Crippen LogP contribution in [0.1, 0.15) is 60.7 Å². The molecule has 42 heavy (non-hydrogen) atoms. The molecule has 2 amide bonds. The molecule has 0 aliphatic carbocycles. The van der Waals surface area contributed by atoms with Crippen molar-refractivity contribution in [1.82, 2.24) is 14.9 Å². The largest absolute Gasteiger partial charge is 0.444 e. The van der Waals surface area contributed by atoms with Gasteiger partial charge in [0.15, 0.2) is 0 Å². The lowest BCUT2D eigenvalue weighted by Crippen LogP contribution is -2.70. The Morgan fingerprint density at radius 3 is 2.17 bits per heavy atom. The highest BCUT2D eigenvalue weighted by Crippen LogP contribution is 2.36. The molecule has 0 saturated carbocycles. The number of carbonyl (C=O) groups excluding carboxylic acids is 3. The van der Waals surface area contributed by atoms with Crippen LogP contribution < -0.4 is 4.90 Å². The van der Waals surface area contributed by atoms with E-state index in [1.54, 1.807) is 29.1 Å². The average molecular weight is 579 g/mol. The molecule has 0 radical (unpaired) electrons. The molecule has 4 aliphatic rings. The zero-order valence-electron chi connectivity index (χ0n) is 25.0. The fraction of sp³-hybridized carbons (Fsp3) is 0.531. The second kappa shape index (κ2) is 12.7. The molecule has 4 aliphatic heterocycles. The molecule has 0 aromatic heterocycles. The number of fused-ring (bicyclic) bond motifs is 2. The third-order valence-corrected chi connectivity index (χ3v) is 8.03. The standard InChI is InChI=1S/C32H42N4O6/c1-32(2,3)41-31(39)36-26-20-27(36)22-34(21-26)25-12-10-23(11-13-25)29(37)33(4)18-19-40-28-14-16-35(17-15-28)42-30(38)24-8-6-5-7-9-24/h5-13,26-28H,14-22H2,1-4H3. The monoisotopic (exact) mass is 578 g/mol. The molecule has 0 spiro atoms. The summed E-state index contributed by atoms with van der Waals surface area (Å²) in [5.41, 5.74) is 1.72. The van der Waals surface area contributed by atoms with Crippen LogP contribution >= 0.6 is 0 Å². The van der Waals surface area contributed by atoms with E-state index >= 15 is 0 Å². The summed E-state index contributed by atoms with van der Waals surface area (Å²) in [6, 6.07) is 17.0. The number of hydrogen-bond acceptors (Lipinski definition) is 8. The lowest BCUT2D eigenvalue weighted by Gasteiger charge is -2.56. The third kappa shape index (κ3) is 7.22. The number of rotatable bonds is 8. The molecule has 4 heterocycles. The zero-order chi connectivity index (χ0) is 29.9. The van der Waals surface area contributed by atoms with Crippen molar-refractivity contribution in [1.29, 1.82) is 0 Å². The summed E-state index contributed by atoms with van der Waals surface area (Å²) < 4.78 is 11.6. The maximum atomic E-state index is 13.0. The van der Waals surface area contributed by atoms with E-state index in [9.17, 15) is 14.4 Å². The summed E-state index contributed by atoms with van der Waals surface area (Å²) in [4.78, 5) is 49.2. The summed E-state index contributed by atoms with van der Waals surface area (Å²) in [7, 11) is 1.79. The van der Waals surface area contributed by atoms with Gasteiger partial charge < -0.3 is 24.1 Å². The van der Waals surface area contributed by atoms with E-state index in [1.807, 2.05) is 68.1 Å². The topological polar surface area (TPSA) is 91.9 Å². The first-order valence-electron chi connectivity index (χ1n) is 14.8. The quantitative estimate of drug-likeness (QED) is 0.460. The van der Waals surface area contributed by atoms with Gasteiger partial charge >= 0.3 is 12.1 Å². The highest BCUT2D eigenvalue weighted by Gasteiger charge is 2.48. The fourth-order valence-electron chi connectivity index (χ4n) is 5.76. The molecule has 2 bridgehead atoms. The van der Waals surface area contributed by atoms with Crippen LogP contribution in [0, 0.1) is 0 Å². The summed E-state index contributed by atoms with van der Waals surface area (Å²) >= 11 is 0. The van der Waals surface area contributed by atoms with Crippen molar-refractivity contribution in [3.8, 4) is 0 Å². The number of nitrogens with zero attached hydrogens (tertiary/aromatic N) is 4. The Bertz CT molecular complexity index is 1230. The zero-order valence-corrected chi connectivity index (χ0v) is 25.0. The maximum Gasteiger partial charge on any atom is 0.410 e. The van der Waals surface area contributed by atoms with Gasteiger partial charge in [0.1, 0.15) is 5.60 Å². The van der Waals surface area contributed by atoms with Crippen LogP contribution in [0.25, 0.3) is 0 Å². The normalized spacial score (nSPS) is 21.0. The Labute approximate surface area is 248 Å². The first-order valence-corrected chi connectivity index (χ1v) is 14.8. The average Bonchev–Trinajstić information content (AvgIpc) is 2.97. The predicted molar refractivity (Wildman–Crippen MR) is 158 cm³/mol. The lowest BCUT2D eigenvalue weighted by atomic mass is 9.87. The molecule has 6 rings (SSSR count). The Morgan fingerprint density at radius 2 is 1.55 bits per heavy atom. The van der Waals surface area contributed by atoms with Gasteiger partial charge in [-0.15, -0.1) is 5.06 Å². The Morgan fingerprint density at radius 1 is 0.905 bits per heavy atom. The number of anilines is 1. The number of piperazine rings is 1. The second-order valence-corrected chi connectivity index (χ2v) is 12.4. The summed E-state index contributed by atoms with van der Waals surface area (Å²) in [6.07, 6.45) is 2.36. The minimum Gasteiger partial charge on any atom is -0.444 e. The van der Waals surface area contributed by atoms with Gasteiger partial charge in [0, 0.05) is 51.0 Å². The number of piperidine rings is 2. The van der Waals surface area contributed by atoms with Crippen LogP contribution in [-0.2, 0) is 14.3 Å². The molecule has 226 valence electrons. The molecule has 2 aromatic rings. The Hall–Kier alpha value is -3.63. The fourth-order valence-corrected chi connectivity index (χ4v) is 5.76. The molecule has 2 unspecified atom stereocenters. The highest BCUT2D eigenvalue weighted by atomic mass is 16.7. The van der Waals surface area contributed by atoms with Crippen molar-refractivity contribution >= 4 is 23.7 Å². The van der Waals surface area contributed by atoms with E-state index in [0.29, 0.717) is 37.4 Å². The van der Waals surface area contributed by atoms with Crippen molar-refractivity contribution < 1.29 is 28.7 Å². The molecule has 2 atom stereocenters. The number of amides is 2. The van der Waals surface area contributed by atoms with Gasteiger partial charge in [-0.3, -0.25) is 9.69 Å². The minimum absolute atomic E-state index is 0.0506. The summed E-state index contributed by atoms with van der Waals surface area (Å²) in [6.45, 7) is 9.34. The Balaban J connectivity index is 1.01. The van der Waals surface area contributed by atoms with Gasteiger partial charge in [0.05, 0.1) is 30.4 Å². The molecular weight excluding hydrogens is 536 g/mol. The van der Waals surface area contributed by atoms with E-state index in [-0.39, 0.29) is 36.2 Å². The van der Waals surface area contributed by atoms with Crippen LogP contribution in [0.15, 0.2) is 54.6 Å². The lowest BCUT2D eigenvalue weighted by molar-refractivity contribution is -0.140. The highest BCUT2D eigenvalue weighted by molar-refractivity contribution is 5.94. The minimum atomic E-state index is -0.499. The third-order valence-electron chi connectivity index (χ3n) is 8.03. The molecule has 4 fully saturated rings. The first-order chi connectivity index (χ1) is 20.1. The number of hydrogen-bond donors (Lipinski definition) is 0. The number of carbonyl (C=O) groups is 3. The van der Waals surface area contributed by atoms with E-state index < -0.39 is 5.60 Å². The van der Waals surface area contributed by atoms with E-state index in [0.717, 1.165) is 38.0 Å². The Kier molecular flexibility index (Phi) is 9.03. The number of benzene rings is 2. The smallest absolute Gasteiger partial charge is 0.410 e. The number of hydroxylamine groups is 2. The van der Waals surface area contributed by atoms with Crippen molar-refractivity contribution in [2.75, 3.05) is 51.3 Å². The first kappa shape index (κ1) is 29.8. The van der Waals surface area contributed by atoms with E-state index in [2.05, 4.69) is 4.90 Å². The SMILES string of the molecule is CN(CCOC1CCN(OC(=O)c2ccccc2)CC1)C(=O)c1ccc(N2CC3CC(C2)N3C(=O)OC(C)(C)C)cc1. The number of likely N-dealkylation sites (N-methyl/N-ethyl adjacent to an activating group) is 1. The van der Waals surface area contributed by atoms with Gasteiger partial charge in [-0.05, 0) is 76.4 Å². The van der Waals surface area contributed by atoms with Crippen LogP contribution in [0.4, 0.5) is 10.5 Å².